The average molecular weight is 264 g/mol. The number of ether oxygens (including phenoxy) is 1. The van der Waals surface area contributed by atoms with Crippen LogP contribution in [-0.2, 0) is 6.54 Å². The molecule has 1 fully saturated rings. The lowest BCUT2D eigenvalue weighted by molar-refractivity contribution is 0.0662. The van der Waals surface area contributed by atoms with Gasteiger partial charge in [-0.1, -0.05) is 12.1 Å². The Balaban J connectivity index is 1.77. The fourth-order valence-corrected chi connectivity index (χ4v) is 2.54. The van der Waals surface area contributed by atoms with E-state index >= 15 is 0 Å². The molecule has 1 aromatic carbocycles. The van der Waals surface area contributed by atoms with Crippen LogP contribution in [0.15, 0.2) is 24.3 Å². The molecule has 0 bridgehead atoms. The van der Waals surface area contributed by atoms with Crippen LogP contribution in [0, 0.1) is 0 Å². The largest absolute Gasteiger partial charge is 0.491 e. The van der Waals surface area contributed by atoms with Gasteiger partial charge in [-0.15, -0.1) is 0 Å². The van der Waals surface area contributed by atoms with Gasteiger partial charge in [-0.2, -0.15) is 0 Å². The lowest BCUT2D eigenvalue weighted by Gasteiger charge is -2.24. The first-order chi connectivity index (χ1) is 9.19. The van der Waals surface area contributed by atoms with Crippen LogP contribution >= 0.6 is 0 Å². The number of aliphatic hydroxyl groups is 1. The van der Waals surface area contributed by atoms with E-state index in [1.165, 1.54) is 12.8 Å². The molecule has 1 aliphatic heterocycles. The summed E-state index contributed by atoms with van der Waals surface area (Å²) in [7, 11) is 0. The fourth-order valence-electron chi connectivity index (χ4n) is 2.54. The molecule has 0 spiro atoms. The number of rotatable bonds is 6. The summed E-state index contributed by atoms with van der Waals surface area (Å²) in [5, 5.41) is 10.0. The molecule has 0 aliphatic carbocycles. The molecule has 1 saturated heterocycles. The van der Waals surface area contributed by atoms with Crippen molar-refractivity contribution in [1.82, 2.24) is 4.90 Å². The van der Waals surface area contributed by atoms with Crippen LogP contribution < -0.4 is 10.5 Å². The van der Waals surface area contributed by atoms with Crippen molar-refractivity contribution in [3.05, 3.63) is 29.8 Å². The van der Waals surface area contributed by atoms with Gasteiger partial charge in [0.15, 0.2) is 0 Å². The SMILES string of the molecule is CC1CCCN1CC(O)COc1cccc(CN)c1. The van der Waals surface area contributed by atoms with Crippen molar-refractivity contribution in [2.45, 2.75) is 38.5 Å². The second kappa shape index (κ2) is 6.89. The third kappa shape index (κ3) is 4.20. The molecular formula is C15H24N2O2. The Morgan fingerprint density at radius 1 is 1.53 bits per heavy atom. The molecule has 0 radical (unpaired) electrons. The van der Waals surface area contributed by atoms with Crippen molar-refractivity contribution >= 4 is 0 Å². The maximum absolute atomic E-state index is 10.0. The van der Waals surface area contributed by atoms with Gasteiger partial charge in [0, 0.05) is 19.1 Å². The Hall–Kier alpha value is -1.10. The highest BCUT2D eigenvalue weighted by atomic mass is 16.5. The van der Waals surface area contributed by atoms with Crippen molar-refractivity contribution in [2.75, 3.05) is 19.7 Å². The Morgan fingerprint density at radius 3 is 3.05 bits per heavy atom. The third-order valence-corrected chi connectivity index (χ3v) is 3.71. The van der Waals surface area contributed by atoms with Gasteiger partial charge in [0.05, 0.1) is 0 Å². The van der Waals surface area contributed by atoms with Gasteiger partial charge < -0.3 is 15.6 Å². The standard InChI is InChI=1S/C15H24N2O2/c1-12-4-3-7-17(12)10-14(18)11-19-15-6-2-5-13(8-15)9-16/h2,5-6,8,12,14,18H,3-4,7,9-11,16H2,1H3. The molecule has 1 aromatic rings. The normalized spacial score (nSPS) is 21.5. The molecule has 0 aromatic heterocycles. The molecule has 2 unspecified atom stereocenters. The van der Waals surface area contributed by atoms with E-state index in [0.717, 1.165) is 17.9 Å². The molecule has 3 N–H and O–H groups in total. The highest BCUT2D eigenvalue weighted by Crippen LogP contribution is 2.17. The first kappa shape index (κ1) is 14.3. The van der Waals surface area contributed by atoms with Gasteiger partial charge in [-0.3, -0.25) is 4.90 Å². The van der Waals surface area contributed by atoms with Crippen LogP contribution in [0.3, 0.4) is 0 Å². The Bertz CT molecular complexity index is 397. The summed E-state index contributed by atoms with van der Waals surface area (Å²) in [6.45, 7) is 4.83. The number of nitrogens with zero attached hydrogens (tertiary/aromatic N) is 1. The maximum Gasteiger partial charge on any atom is 0.119 e. The molecule has 0 amide bonds. The zero-order valence-electron chi connectivity index (χ0n) is 11.6. The maximum atomic E-state index is 10.0. The van der Waals surface area contributed by atoms with Crippen LogP contribution in [0.4, 0.5) is 0 Å². The summed E-state index contributed by atoms with van der Waals surface area (Å²) in [6, 6.07) is 8.28. The second-order valence-electron chi connectivity index (χ2n) is 5.30. The van der Waals surface area contributed by atoms with Gasteiger partial charge in [0.25, 0.3) is 0 Å². The van der Waals surface area contributed by atoms with E-state index in [0.29, 0.717) is 25.7 Å². The number of hydrogen-bond acceptors (Lipinski definition) is 4. The molecule has 106 valence electrons. The van der Waals surface area contributed by atoms with E-state index in [2.05, 4.69) is 11.8 Å². The smallest absolute Gasteiger partial charge is 0.119 e. The molecule has 1 aliphatic rings. The van der Waals surface area contributed by atoms with Gasteiger partial charge in [0.2, 0.25) is 0 Å². The van der Waals surface area contributed by atoms with Crippen LogP contribution in [0.2, 0.25) is 0 Å². The second-order valence-corrected chi connectivity index (χ2v) is 5.30. The fraction of sp³-hybridized carbons (Fsp3) is 0.600. The van der Waals surface area contributed by atoms with Crippen molar-refractivity contribution in [1.29, 1.82) is 0 Å². The number of nitrogens with two attached hydrogens (primary N) is 1. The first-order valence-electron chi connectivity index (χ1n) is 7.03. The minimum Gasteiger partial charge on any atom is -0.491 e. The summed E-state index contributed by atoms with van der Waals surface area (Å²) in [6.07, 6.45) is 2.02. The van der Waals surface area contributed by atoms with E-state index < -0.39 is 6.10 Å². The average Bonchev–Trinajstić information content (AvgIpc) is 2.82. The quantitative estimate of drug-likeness (QED) is 0.815. The van der Waals surface area contributed by atoms with E-state index in [4.69, 9.17) is 10.5 Å². The van der Waals surface area contributed by atoms with E-state index in [-0.39, 0.29) is 0 Å². The first-order valence-corrected chi connectivity index (χ1v) is 7.03. The predicted octanol–water partition coefficient (Wildman–Crippen LogP) is 1.37. The molecule has 2 atom stereocenters. The van der Waals surface area contributed by atoms with Crippen molar-refractivity contribution in [3.63, 3.8) is 0 Å². The van der Waals surface area contributed by atoms with Crippen LogP contribution in [0.5, 0.6) is 5.75 Å². The summed E-state index contributed by atoms with van der Waals surface area (Å²) in [4.78, 5) is 2.32. The van der Waals surface area contributed by atoms with E-state index in [1.54, 1.807) is 0 Å². The van der Waals surface area contributed by atoms with Crippen LogP contribution in [-0.4, -0.2) is 41.8 Å². The Kier molecular flexibility index (Phi) is 5.19. The van der Waals surface area contributed by atoms with Gasteiger partial charge >= 0.3 is 0 Å². The van der Waals surface area contributed by atoms with Crippen LogP contribution in [0.1, 0.15) is 25.3 Å². The van der Waals surface area contributed by atoms with Gasteiger partial charge in [0.1, 0.15) is 18.5 Å². The molecule has 1 heterocycles. The molecule has 4 heteroatoms. The monoisotopic (exact) mass is 264 g/mol. The summed E-state index contributed by atoms with van der Waals surface area (Å²) in [5.74, 6) is 0.775. The van der Waals surface area contributed by atoms with Crippen molar-refractivity contribution in [2.24, 2.45) is 5.73 Å². The molecular weight excluding hydrogens is 240 g/mol. The zero-order chi connectivity index (χ0) is 13.7. The predicted molar refractivity (Wildman–Crippen MR) is 76.1 cm³/mol. The number of benzene rings is 1. The van der Waals surface area contributed by atoms with Crippen LogP contribution in [0.25, 0.3) is 0 Å². The zero-order valence-corrected chi connectivity index (χ0v) is 11.6. The summed E-state index contributed by atoms with van der Waals surface area (Å²) in [5.41, 5.74) is 6.63. The van der Waals surface area contributed by atoms with E-state index in [9.17, 15) is 5.11 Å². The topological polar surface area (TPSA) is 58.7 Å². The Morgan fingerprint density at radius 2 is 2.37 bits per heavy atom. The Labute approximate surface area is 115 Å². The minimum absolute atomic E-state index is 0.331. The van der Waals surface area contributed by atoms with Gasteiger partial charge in [-0.25, -0.2) is 0 Å². The number of hydrogen-bond donors (Lipinski definition) is 2. The lowest BCUT2D eigenvalue weighted by atomic mass is 10.2. The molecule has 0 saturated carbocycles. The highest BCUT2D eigenvalue weighted by Gasteiger charge is 2.22. The van der Waals surface area contributed by atoms with Gasteiger partial charge in [-0.05, 0) is 44.0 Å². The number of likely N-dealkylation sites (tertiary alicyclic amines) is 1. The minimum atomic E-state index is -0.443. The molecule has 19 heavy (non-hydrogen) atoms. The van der Waals surface area contributed by atoms with Crippen molar-refractivity contribution in [3.8, 4) is 5.75 Å². The number of β-amino-alcohol motifs (C(OH)–C–C–N with tert-alkyl or cyclic N) is 1. The van der Waals surface area contributed by atoms with E-state index in [1.807, 2.05) is 24.3 Å². The molecule has 4 nitrogen and oxygen atoms in total. The highest BCUT2D eigenvalue weighted by molar-refractivity contribution is 5.28. The van der Waals surface area contributed by atoms with Crippen molar-refractivity contribution < 1.29 is 9.84 Å². The molecule has 2 rings (SSSR count). The number of aliphatic hydroxyl groups excluding tert-OH is 1. The lowest BCUT2D eigenvalue weighted by Crippen LogP contribution is -2.37. The summed E-state index contributed by atoms with van der Waals surface area (Å²) >= 11 is 0. The third-order valence-electron chi connectivity index (χ3n) is 3.71. The summed E-state index contributed by atoms with van der Waals surface area (Å²) < 4.78 is 5.62.